The Morgan fingerprint density at radius 2 is 1.73 bits per heavy atom. The predicted molar refractivity (Wildman–Crippen MR) is 104 cm³/mol. The standard InChI is InChI=1S/C21H27NO3S/c1-21(23,14-13-17-7-3-2-4-8-17)16-22-26(24,25)20-12-11-18-9-5-6-10-19(18)15-20/h2-4,7-8,11-12,15,22-23H,5-6,9-10,13-14,16H2,1H3. The van der Waals surface area contributed by atoms with Crippen molar-refractivity contribution in [3.8, 4) is 0 Å². The second-order valence-corrected chi connectivity index (χ2v) is 9.21. The molecule has 0 bridgehead atoms. The molecule has 2 aromatic rings. The van der Waals surface area contributed by atoms with Crippen molar-refractivity contribution in [2.24, 2.45) is 0 Å². The molecule has 0 aliphatic heterocycles. The Labute approximate surface area is 156 Å². The van der Waals surface area contributed by atoms with Crippen molar-refractivity contribution in [3.63, 3.8) is 0 Å². The fourth-order valence-electron chi connectivity index (χ4n) is 3.36. The summed E-state index contributed by atoms with van der Waals surface area (Å²) in [7, 11) is -3.62. The maximum atomic E-state index is 12.6. The molecule has 5 heteroatoms. The SMILES string of the molecule is CC(O)(CCc1ccccc1)CNS(=O)(=O)c1ccc2c(c1)CCCC2. The summed E-state index contributed by atoms with van der Waals surface area (Å²) in [6.07, 6.45) is 5.43. The Bertz CT molecular complexity index is 845. The molecule has 0 saturated heterocycles. The van der Waals surface area contributed by atoms with E-state index in [1.807, 2.05) is 36.4 Å². The topological polar surface area (TPSA) is 66.4 Å². The first-order chi connectivity index (χ1) is 12.4. The van der Waals surface area contributed by atoms with E-state index in [1.54, 1.807) is 19.1 Å². The molecule has 0 spiro atoms. The second-order valence-electron chi connectivity index (χ2n) is 7.44. The quantitative estimate of drug-likeness (QED) is 0.783. The third-order valence-corrected chi connectivity index (χ3v) is 6.47. The Morgan fingerprint density at radius 1 is 1.04 bits per heavy atom. The fraction of sp³-hybridized carbons (Fsp3) is 0.429. The number of hydrogen-bond acceptors (Lipinski definition) is 3. The number of sulfonamides is 1. The van der Waals surface area contributed by atoms with Crippen LogP contribution in [-0.4, -0.2) is 25.7 Å². The van der Waals surface area contributed by atoms with Gasteiger partial charge in [-0.25, -0.2) is 13.1 Å². The smallest absolute Gasteiger partial charge is 0.240 e. The summed E-state index contributed by atoms with van der Waals surface area (Å²) in [6.45, 7) is 1.67. The van der Waals surface area contributed by atoms with Crippen molar-refractivity contribution in [2.75, 3.05) is 6.54 Å². The summed E-state index contributed by atoms with van der Waals surface area (Å²) in [5.41, 5.74) is 2.42. The molecule has 1 unspecified atom stereocenters. The first-order valence-electron chi connectivity index (χ1n) is 9.24. The van der Waals surface area contributed by atoms with Gasteiger partial charge in [-0.05, 0) is 74.3 Å². The van der Waals surface area contributed by atoms with Crippen molar-refractivity contribution in [1.29, 1.82) is 0 Å². The lowest BCUT2D eigenvalue weighted by Gasteiger charge is -2.24. The Balaban J connectivity index is 1.62. The minimum absolute atomic E-state index is 0.000742. The van der Waals surface area contributed by atoms with E-state index >= 15 is 0 Å². The molecule has 1 atom stereocenters. The zero-order chi connectivity index (χ0) is 18.6. The number of aliphatic hydroxyl groups is 1. The molecule has 0 heterocycles. The van der Waals surface area contributed by atoms with Crippen LogP contribution < -0.4 is 4.72 Å². The molecule has 1 aliphatic carbocycles. The number of nitrogens with one attached hydrogen (secondary N) is 1. The van der Waals surface area contributed by atoms with E-state index in [-0.39, 0.29) is 11.4 Å². The Morgan fingerprint density at radius 3 is 2.46 bits per heavy atom. The van der Waals surface area contributed by atoms with Crippen LogP contribution in [0.25, 0.3) is 0 Å². The lowest BCUT2D eigenvalue weighted by Crippen LogP contribution is -2.41. The fourth-order valence-corrected chi connectivity index (χ4v) is 4.57. The molecule has 4 nitrogen and oxygen atoms in total. The zero-order valence-electron chi connectivity index (χ0n) is 15.2. The van der Waals surface area contributed by atoms with E-state index < -0.39 is 15.6 Å². The highest BCUT2D eigenvalue weighted by molar-refractivity contribution is 7.89. The molecule has 0 saturated carbocycles. The average molecular weight is 374 g/mol. The van der Waals surface area contributed by atoms with E-state index in [1.165, 1.54) is 12.0 Å². The molecule has 0 radical (unpaired) electrons. The van der Waals surface area contributed by atoms with Gasteiger partial charge in [0.05, 0.1) is 10.5 Å². The molecule has 0 amide bonds. The highest BCUT2D eigenvalue weighted by Crippen LogP contribution is 2.24. The first kappa shape index (κ1) is 19.1. The van der Waals surface area contributed by atoms with Gasteiger partial charge in [-0.2, -0.15) is 0 Å². The maximum absolute atomic E-state index is 12.6. The van der Waals surface area contributed by atoms with Crippen molar-refractivity contribution in [2.45, 2.75) is 55.9 Å². The van der Waals surface area contributed by atoms with Crippen LogP contribution in [0.3, 0.4) is 0 Å². The van der Waals surface area contributed by atoms with Crippen LogP contribution >= 0.6 is 0 Å². The lowest BCUT2D eigenvalue weighted by atomic mass is 9.92. The van der Waals surface area contributed by atoms with E-state index in [4.69, 9.17) is 0 Å². The third kappa shape index (κ3) is 4.93. The van der Waals surface area contributed by atoms with Crippen LogP contribution in [0.15, 0.2) is 53.4 Å². The van der Waals surface area contributed by atoms with Gasteiger partial charge in [0.25, 0.3) is 0 Å². The molecule has 0 aromatic heterocycles. The van der Waals surface area contributed by atoms with Crippen LogP contribution in [0.1, 0.15) is 42.9 Å². The van der Waals surface area contributed by atoms with E-state index in [9.17, 15) is 13.5 Å². The van der Waals surface area contributed by atoms with Gasteiger partial charge in [0, 0.05) is 6.54 Å². The normalized spacial score (nSPS) is 16.7. The Kier molecular flexibility index (Phi) is 5.80. The minimum Gasteiger partial charge on any atom is -0.389 e. The predicted octanol–water partition coefficient (Wildman–Crippen LogP) is 3.23. The molecule has 1 aliphatic rings. The van der Waals surface area contributed by atoms with Gasteiger partial charge in [-0.3, -0.25) is 0 Å². The highest BCUT2D eigenvalue weighted by Gasteiger charge is 2.25. The number of rotatable bonds is 7. The van der Waals surface area contributed by atoms with Gasteiger partial charge < -0.3 is 5.11 Å². The summed E-state index contributed by atoms with van der Waals surface area (Å²) < 4.78 is 27.8. The van der Waals surface area contributed by atoms with Crippen molar-refractivity contribution in [3.05, 3.63) is 65.2 Å². The summed E-state index contributed by atoms with van der Waals surface area (Å²) in [4.78, 5) is 0.289. The number of benzene rings is 2. The molecule has 140 valence electrons. The molecule has 3 rings (SSSR count). The highest BCUT2D eigenvalue weighted by atomic mass is 32.2. The van der Waals surface area contributed by atoms with Crippen LogP contribution in [0.2, 0.25) is 0 Å². The lowest BCUT2D eigenvalue weighted by molar-refractivity contribution is 0.0565. The first-order valence-corrected chi connectivity index (χ1v) is 10.7. The zero-order valence-corrected chi connectivity index (χ0v) is 16.1. The molecule has 2 N–H and O–H groups in total. The molecule has 0 fully saturated rings. The van der Waals surface area contributed by atoms with Crippen LogP contribution in [-0.2, 0) is 29.3 Å². The molecular formula is C21H27NO3S. The maximum Gasteiger partial charge on any atom is 0.240 e. The molecular weight excluding hydrogens is 346 g/mol. The van der Waals surface area contributed by atoms with Gasteiger partial charge in [-0.15, -0.1) is 0 Å². The van der Waals surface area contributed by atoms with Crippen molar-refractivity contribution in [1.82, 2.24) is 4.72 Å². The van der Waals surface area contributed by atoms with Gasteiger partial charge in [-0.1, -0.05) is 36.4 Å². The van der Waals surface area contributed by atoms with E-state index in [0.29, 0.717) is 12.8 Å². The average Bonchev–Trinajstić information content (AvgIpc) is 2.66. The van der Waals surface area contributed by atoms with Crippen LogP contribution in [0, 0.1) is 0 Å². The Hall–Kier alpha value is -1.69. The summed E-state index contributed by atoms with van der Waals surface area (Å²) in [5.74, 6) is 0. The van der Waals surface area contributed by atoms with Crippen LogP contribution in [0.4, 0.5) is 0 Å². The number of fused-ring (bicyclic) bond motifs is 1. The largest absolute Gasteiger partial charge is 0.389 e. The monoisotopic (exact) mass is 373 g/mol. The van der Waals surface area contributed by atoms with Crippen molar-refractivity contribution >= 4 is 10.0 Å². The van der Waals surface area contributed by atoms with Gasteiger partial charge in [0.2, 0.25) is 10.0 Å². The summed E-state index contributed by atoms with van der Waals surface area (Å²) in [6, 6.07) is 15.3. The van der Waals surface area contributed by atoms with Crippen molar-refractivity contribution < 1.29 is 13.5 Å². The van der Waals surface area contributed by atoms with E-state index in [2.05, 4.69) is 4.72 Å². The summed E-state index contributed by atoms with van der Waals surface area (Å²) >= 11 is 0. The summed E-state index contributed by atoms with van der Waals surface area (Å²) in [5, 5.41) is 10.6. The molecule has 26 heavy (non-hydrogen) atoms. The van der Waals surface area contributed by atoms with Gasteiger partial charge in [0.1, 0.15) is 0 Å². The third-order valence-electron chi connectivity index (χ3n) is 5.07. The minimum atomic E-state index is -3.62. The van der Waals surface area contributed by atoms with Gasteiger partial charge in [0.15, 0.2) is 0 Å². The van der Waals surface area contributed by atoms with E-state index in [0.717, 1.165) is 30.4 Å². The van der Waals surface area contributed by atoms with Gasteiger partial charge >= 0.3 is 0 Å². The van der Waals surface area contributed by atoms with Crippen LogP contribution in [0.5, 0.6) is 0 Å². The molecule has 2 aromatic carbocycles. The second kappa shape index (κ2) is 7.91. The number of hydrogen-bond donors (Lipinski definition) is 2. The number of aryl methyl sites for hydroxylation is 3.